The second-order valence-electron chi connectivity index (χ2n) is 4.56. The highest BCUT2D eigenvalue weighted by Crippen LogP contribution is 1.88. The Labute approximate surface area is 95.8 Å². The molecule has 0 radical (unpaired) electrons. The normalized spacial score (nSPS) is 11.6. The first-order chi connectivity index (χ1) is 7.16. The number of hydrogen-bond acceptors (Lipinski definition) is 3. The van der Waals surface area contributed by atoms with Crippen molar-refractivity contribution in [3.05, 3.63) is 0 Å². The first kappa shape index (κ1) is 14.9. The molecule has 0 aliphatic rings. The molecule has 0 aromatic carbocycles. The Bertz CT molecular complexity index is 126. The predicted molar refractivity (Wildman–Crippen MR) is 68.4 cm³/mol. The summed E-state index contributed by atoms with van der Waals surface area (Å²) in [5.41, 5.74) is 0. The van der Waals surface area contributed by atoms with E-state index in [2.05, 4.69) is 43.2 Å². The van der Waals surface area contributed by atoms with E-state index >= 15 is 0 Å². The summed E-state index contributed by atoms with van der Waals surface area (Å²) in [6.45, 7) is 8.08. The molecule has 0 aromatic rings. The third kappa shape index (κ3) is 11.8. The van der Waals surface area contributed by atoms with Crippen LogP contribution >= 0.6 is 0 Å². The fraction of sp³-hybridized carbons (Fsp3) is 1.00. The van der Waals surface area contributed by atoms with Gasteiger partial charge in [-0.1, -0.05) is 13.3 Å². The molecule has 1 N–H and O–H groups in total. The number of hydrogen-bond donors (Lipinski definition) is 1. The highest BCUT2D eigenvalue weighted by atomic mass is 15.1. The van der Waals surface area contributed by atoms with Gasteiger partial charge in [0.1, 0.15) is 0 Å². The van der Waals surface area contributed by atoms with E-state index in [0.29, 0.717) is 0 Å². The molecule has 0 aliphatic carbocycles. The Morgan fingerprint density at radius 2 is 1.60 bits per heavy atom. The van der Waals surface area contributed by atoms with Crippen molar-refractivity contribution in [1.29, 1.82) is 0 Å². The fourth-order valence-electron chi connectivity index (χ4n) is 1.47. The molecule has 0 aromatic heterocycles. The molecule has 0 bridgehead atoms. The number of nitrogens with one attached hydrogen (secondary N) is 1. The van der Waals surface area contributed by atoms with E-state index in [-0.39, 0.29) is 0 Å². The molecule has 0 saturated heterocycles. The van der Waals surface area contributed by atoms with Gasteiger partial charge in [-0.25, -0.2) is 0 Å². The van der Waals surface area contributed by atoms with Crippen molar-refractivity contribution < 1.29 is 0 Å². The van der Waals surface area contributed by atoms with E-state index in [0.717, 1.165) is 13.1 Å². The summed E-state index contributed by atoms with van der Waals surface area (Å²) in [5, 5.41) is 3.46. The molecular formula is C12H29N3. The quantitative estimate of drug-likeness (QED) is 0.554. The van der Waals surface area contributed by atoms with Crippen LogP contribution in [0.4, 0.5) is 0 Å². The van der Waals surface area contributed by atoms with Crippen molar-refractivity contribution in [3.63, 3.8) is 0 Å². The van der Waals surface area contributed by atoms with E-state index in [9.17, 15) is 0 Å². The standard InChI is InChI=1S/C12H29N3/c1-5-6-8-13-9-12-15(4)11-7-10-14(2)3/h13H,5-12H2,1-4H3. The minimum atomic E-state index is 1.12. The van der Waals surface area contributed by atoms with Crippen LogP contribution < -0.4 is 5.32 Å². The third-order valence-corrected chi connectivity index (χ3v) is 2.52. The minimum absolute atomic E-state index is 1.12. The van der Waals surface area contributed by atoms with E-state index in [1.165, 1.54) is 38.9 Å². The topological polar surface area (TPSA) is 18.5 Å². The summed E-state index contributed by atoms with van der Waals surface area (Å²) in [5.74, 6) is 0. The van der Waals surface area contributed by atoms with E-state index < -0.39 is 0 Å². The summed E-state index contributed by atoms with van der Waals surface area (Å²) in [6.07, 6.45) is 3.84. The van der Waals surface area contributed by atoms with Gasteiger partial charge in [0.2, 0.25) is 0 Å². The van der Waals surface area contributed by atoms with Gasteiger partial charge in [-0.05, 0) is 53.6 Å². The van der Waals surface area contributed by atoms with Crippen LogP contribution in [0.1, 0.15) is 26.2 Å². The van der Waals surface area contributed by atoms with E-state index in [1.807, 2.05) is 0 Å². The van der Waals surface area contributed by atoms with Crippen molar-refractivity contribution in [2.24, 2.45) is 0 Å². The molecular weight excluding hydrogens is 186 g/mol. The van der Waals surface area contributed by atoms with Crippen molar-refractivity contribution in [2.45, 2.75) is 26.2 Å². The maximum atomic E-state index is 3.46. The first-order valence-corrected chi connectivity index (χ1v) is 6.20. The summed E-state index contributed by atoms with van der Waals surface area (Å²) < 4.78 is 0. The summed E-state index contributed by atoms with van der Waals surface area (Å²) in [4.78, 5) is 4.65. The largest absolute Gasteiger partial charge is 0.315 e. The molecule has 0 atom stereocenters. The number of unbranched alkanes of at least 4 members (excludes halogenated alkanes) is 1. The van der Waals surface area contributed by atoms with Gasteiger partial charge in [0, 0.05) is 13.1 Å². The molecule has 0 amide bonds. The van der Waals surface area contributed by atoms with Gasteiger partial charge < -0.3 is 15.1 Å². The highest BCUT2D eigenvalue weighted by molar-refractivity contribution is 4.56. The molecule has 3 heteroatoms. The van der Waals surface area contributed by atoms with Crippen LogP contribution in [0.3, 0.4) is 0 Å². The SMILES string of the molecule is CCCCNCCN(C)CCCN(C)C. The van der Waals surface area contributed by atoms with Crippen molar-refractivity contribution in [3.8, 4) is 0 Å². The molecule has 0 saturated carbocycles. The summed E-state index contributed by atoms with van der Waals surface area (Å²) in [7, 11) is 6.47. The summed E-state index contributed by atoms with van der Waals surface area (Å²) in [6, 6.07) is 0. The molecule has 0 unspecified atom stereocenters. The number of nitrogens with zero attached hydrogens (tertiary/aromatic N) is 2. The zero-order valence-corrected chi connectivity index (χ0v) is 11.1. The van der Waals surface area contributed by atoms with Crippen LogP contribution in [-0.2, 0) is 0 Å². The maximum Gasteiger partial charge on any atom is 0.0104 e. The molecule has 0 aliphatic heterocycles. The lowest BCUT2D eigenvalue weighted by molar-refractivity contribution is 0.299. The predicted octanol–water partition coefficient (Wildman–Crippen LogP) is 1.26. The van der Waals surface area contributed by atoms with Gasteiger partial charge in [0.25, 0.3) is 0 Å². The minimum Gasteiger partial charge on any atom is -0.315 e. The number of likely N-dealkylation sites (N-methyl/N-ethyl adjacent to an activating group) is 1. The molecule has 92 valence electrons. The van der Waals surface area contributed by atoms with E-state index in [4.69, 9.17) is 0 Å². The van der Waals surface area contributed by atoms with Gasteiger partial charge in [0.05, 0.1) is 0 Å². The average molecular weight is 215 g/mol. The van der Waals surface area contributed by atoms with Crippen LogP contribution in [-0.4, -0.2) is 63.7 Å². The van der Waals surface area contributed by atoms with Crippen LogP contribution in [0.5, 0.6) is 0 Å². The lowest BCUT2D eigenvalue weighted by Crippen LogP contribution is -2.31. The van der Waals surface area contributed by atoms with Crippen molar-refractivity contribution >= 4 is 0 Å². The average Bonchev–Trinajstić information content (AvgIpc) is 2.17. The Kier molecular flexibility index (Phi) is 10.3. The molecule has 15 heavy (non-hydrogen) atoms. The Balaban J connectivity index is 3.15. The zero-order chi connectivity index (χ0) is 11.5. The fourth-order valence-corrected chi connectivity index (χ4v) is 1.47. The second kappa shape index (κ2) is 10.4. The van der Waals surface area contributed by atoms with Gasteiger partial charge in [0.15, 0.2) is 0 Å². The smallest absolute Gasteiger partial charge is 0.0104 e. The Hall–Kier alpha value is -0.120. The van der Waals surface area contributed by atoms with Gasteiger partial charge in [-0.3, -0.25) is 0 Å². The first-order valence-electron chi connectivity index (χ1n) is 6.20. The lowest BCUT2D eigenvalue weighted by Gasteiger charge is -2.18. The Morgan fingerprint density at radius 3 is 2.20 bits per heavy atom. The highest BCUT2D eigenvalue weighted by Gasteiger charge is 1.98. The second-order valence-corrected chi connectivity index (χ2v) is 4.56. The van der Waals surface area contributed by atoms with E-state index in [1.54, 1.807) is 0 Å². The summed E-state index contributed by atoms with van der Waals surface area (Å²) >= 11 is 0. The number of rotatable bonds is 10. The molecule has 0 heterocycles. The van der Waals surface area contributed by atoms with Gasteiger partial charge >= 0.3 is 0 Å². The molecule has 3 nitrogen and oxygen atoms in total. The van der Waals surface area contributed by atoms with Crippen LogP contribution in [0.25, 0.3) is 0 Å². The van der Waals surface area contributed by atoms with Crippen LogP contribution in [0.15, 0.2) is 0 Å². The van der Waals surface area contributed by atoms with Crippen LogP contribution in [0, 0.1) is 0 Å². The Morgan fingerprint density at radius 1 is 0.867 bits per heavy atom. The lowest BCUT2D eigenvalue weighted by atomic mass is 10.3. The van der Waals surface area contributed by atoms with Gasteiger partial charge in [-0.2, -0.15) is 0 Å². The molecule has 0 rings (SSSR count). The van der Waals surface area contributed by atoms with Crippen molar-refractivity contribution in [1.82, 2.24) is 15.1 Å². The van der Waals surface area contributed by atoms with Crippen molar-refractivity contribution in [2.75, 3.05) is 53.9 Å². The van der Waals surface area contributed by atoms with Gasteiger partial charge in [-0.15, -0.1) is 0 Å². The third-order valence-electron chi connectivity index (χ3n) is 2.52. The zero-order valence-electron chi connectivity index (χ0n) is 11.1. The monoisotopic (exact) mass is 215 g/mol. The molecule has 0 fully saturated rings. The maximum absolute atomic E-state index is 3.46. The van der Waals surface area contributed by atoms with Crippen LogP contribution in [0.2, 0.25) is 0 Å². The molecule has 0 spiro atoms.